The maximum absolute atomic E-state index is 5.65. The van der Waals surface area contributed by atoms with Crippen LogP contribution in [0.5, 0.6) is 0 Å². The molecule has 4 heteroatoms. The molecule has 1 aromatic rings. The molecular formula is C13H18BrNOS. The van der Waals surface area contributed by atoms with Gasteiger partial charge in [-0.05, 0) is 24.1 Å². The van der Waals surface area contributed by atoms with Crippen molar-refractivity contribution in [3.63, 3.8) is 0 Å². The van der Waals surface area contributed by atoms with Crippen molar-refractivity contribution in [2.45, 2.75) is 26.9 Å². The Morgan fingerprint density at radius 1 is 1.35 bits per heavy atom. The van der Waals surface area contributed by atoms with Gasteiger partial charge >= 0.3 is 0 Å². The van der Waals surface area contributed by atoms with Crippen LogP contribution >= 0.6 is 28.1 Å². The van der Waals surface area contributed by atoms with Gasteiger partial charge < -0.3 is 10.5 Å². The molecule has 94 valence electrons. The number of benzene rings is 1. The molecular weight excluding hydrogens is 298 g/mol. The third kappa shape index (κ3) is 5.15. The van der Waals surface area contributed by atoms with E-state index in [0.717, 1.165) is 10.9 Å². The molecule has 0 spiro atoms. The Bertz CT molecular complexity index is 376. The van der Waals surface area contributed by atoms with Gasteiger partial charge in [0, 0.05) is 16.5 Å². The van der Waals surface area contributed by atoms with Gasteiger partial charge in [-0.25, -0.2) is 0 Å². The molecule has 0 saturated heterocycles. The van der Waals surface area contributed by atoms with E-state index in [-0.39, 0.29) is 5.41 Å². The third-order valence-corrected chi connectivity index (χ3v) is 3.80. The summed E-state index contributed by atoms with van der Waals surface area (Å²) in [5, 5.41) is 0. The molecule has 0 atom stereocenters. The first-order valence-electron chi connectivity index (χ1n) is 5.54. The maximum atomic E-state index is 5.65. The minimum absolute atomic E-state index is 0.130. The first-order chi connectivity index (χ1) is 7.92. The average Bonchev–Trinajstić information content (AvgIpc) is 2.26. The second-order valence-corrected chi connectivity index (χ2v) is 6.03. The minimum Gasteiger partial charge on any atom is -0.393 e. The topological polar surface area (TPSA) is 35.2 Å². The molecule has 0 fully saturated rings. The van der Waals surface area contributed by atoms with Crippen LogP contribution in [-0.2, 0) is 11.3 Å². The smallest absolute Gasteiger partial charge is 0.0785 e. The summed E-state index contributed by atoms with van der Waals surface area (Å²) in [6, 6.07) is 8.11. The lowest BCUT2D eigenvalue weighted by molar-refractivity contribution is 0.104. The zero-order valence-corrected chi connectivity index (χ0v) is 12.6. The van der Waals surface area contributed by atoms with E-state index >= 15 is 0 Å². The van der Waals surface area contributed by atoms with E-state index in [0.29, 0.717) is 18.2 Å². The van der Waals surface area contributed by atoms with Crippen LogP contribution in [0, 0.1) is 5.41 Å². The van der Waals surface area contributed by atoms with E-state index < -0.39 is 0 Å². The molecule has 0 aromatic heterocycles. The Morgan fingerprint density at radius 3 is 2.47 bits per heavy atom. The fourth-order valence-corrected chi connectivity index (χ4v) is 1.59. The van der Waals surface area contributed by atoms with E-state index in [1.54, 1.807) is 0 Å². The van der Waals surface area contributed by atoms with Gasteiger partial charge in [-0.1, -0.05) is 54.1 Å². The minimum atomic E-state index is -0.130. The Kier molecular flexibility index (Phi) is 5.56. The van der Waals surface area contributed by atoms with Crippen LogP contribution in [0.15, 0.2) is 28.7 Å². The number of hydrogen-bond acceptors (Lipinski definition) is 2. The van der Waals surface area contributed by atoms with E-state index in [4.69, 9.17) is 22.7 Å². The van der Waals surface area contributed by atoms with Crippen molar-refractivity contribution in [3.05, 3.63) is 34.3 Å². The van der Waals surface area contributed by atoms with Crippen LogP contribution in [-0.4, -0.2) is 11.6 Å². The average molecular weight is 316 g/mol. The molecule has 1 rings (SSSR count). The molecule has 0 unspecified atom stereocenters. The standard InChI is InChI=1S/C13H18BrNOS/c1-13(2,12(15)17)7-8-16-9-10-3-5-11(14)6-4-10/h3-6H,7-9H2,1-2H3,(H2,15,17). The van der Waals surface area contributed by atoms with Crippen LogP contribution in [0.2, 0.25) is 0 Å². The fraction of sp³-hybridized carbons (Fsp3) is 0.462. The highest BCUT2D eigenvalue weighted by Gasteiger charge is 2.20. The lowest BCUT2D eigenvalue weighted by Gasteiger charge is -2.22. The molecule has 0 aliphatic heterocycles. The number of hydrogen-bond donors (Lipinski definition) is 1. The molecule has 0 heterocycles. The van der Waals surface area contributed by atoms with E-state index in [2.05, 4.69) is 15.9 Å². The summed E-state index contributed by atoms with van der Waals surface area (Å²) in [4.78, 5) is 0.546. The second-order valence-electron chi connectivity index (χ2n) is 4.68. The van der Waals surface area contributed by atoms with Gasteiger partial charge in [-0.15, -0.1) is 0 Å². The molecule has 0 bridgehead atoms. The fourth-order valence-electron chi connectivity index (χ4n) is 1.22. The first kappa shape index (κ1) is 14.6. The van der Waals surface area contributed by atoms with Gasteiger partial charge in [0.25, 0.3) is 0 Å². The summed E-state index contributed by atoms with van der Waals surface area (Å²) in [6.45, 7) is 5.37. The second kappa shape index (κ2) is 6.47. The number of halogens is 1. The SMILES string of the molecule is CC(C)(CCOCc1ccc(Br)cc1)C(N)=S. The molecule has 0 saturated carbocycles. The predicted octanol–water partition coefficient (Wildman–Crippen LogP) is 3.67. The van der Waals surface area contributed by atoms with Crippen molar-refractivity contribution >= 4 is 33.1 Å². The molecule has 0 radical (unpaired) electrons. The number of rotatable bonds is 6. The zero-order valence-electron chi connectivity index (χ0n) is 10.2. The van der Waals surface area contributed by atoms with Crippen LogP contribution < -0.4 is 5.73 Å². The van der Waals surface area contributed by atoms with Gasteiger partial charge in [0.15, 0.2) is 0 Å². The summed E-state index contributed by atoms with van der Waals surface area (Å²) < 4.78 is 6.69. The normalized spacial score (nSPS) is 11.5. The zero-order chi connectivity index (χ0) is 12.9. The molecule has 0 aliphatic rings. The number of ether oxygens (including phenoxy) is 1. The lowest BCUT2D eigenvalue weighted by Crippen LogP contribution is -2.30. The van der Waals surface area contributed by atoms with E-state index in [1.165, 1.54) is 5.56 Å². The molecule has 1 aromatic carbocycles. The van der Waals surface area contributed by atoms with Gasteiger partial charge in [0.2, 0.25) is 0 Å². The summed E-state index contributed by atoms with van der Waals surface area (Å²) in [5.74, 6) is 0. The van der Waals surface area contributed by atoms with Crippen molar-refractivity contribution in [2.24, 2.45) is 11.1 Å². The summed E-state index contributed by atoms with van der Waals surface area (Å²) >= 11 is 8.41. The summed E-state index contributed by atoms with van der Waals surface area (Å²) in [5.41, 5.74) is 6.69. The highest BCUT2D eigenvalue weighted by molar-refractivity contribution is 9.10. The number of thiocarbonyl (C=S) groups is 1. The van der Waals surface area contributed by atoms with Gasteiger partial charge in [0.1, 0.15) is 0 Å². The summed E-state index contributed by atoms with van der Waals surface area (Å²) in [6.07, 6.45) is 0.846. The van der Waals surface area contributed by atoms with E-state index in [9.17, 15) is 0 Å². The van der Waals surface area contributed by atoms with Crippen molar-refractivity contribution in [3.8, 4) is 0 Å². The van der Waals surface area contributed by atoms with E-state index in [1.807, 2.05) is 38.1 Å². The summed E-state index contributed by atoms with van der Waals surface area (Å²) in [7, 11) is 0. The van der Waals surface area contributed by atoms with Crippen molar-refractivity contribution in [1.82, 2.24) is 0 Å². The Balaban J connectivity index is 2.29. The predicted molar refractivity (Wildman–Crippen MR) is 79.0 cm³/mol. The Labute approximate surface area is 117 Å². The molecule has 17 heavy (non-hydrogen) atoms. The van der Waals surface area contributed by atoms with Crippen LogP contribution in [0.25, 0.3) is 0 Å². The maximum Gasteiger partial charge on any atom is 0.0785 e. The van der Waals surface area contributed by atoms with Gasteiger partial charge in [0.05, 0.1) is 11.6 Å². The molecule has 0 amide bonds. The highest BCUT2D eigenvalue weighted by atomic mass is 79.9. The first-order valence-corrected chi connectivity index (χ1v) is 6.74. The van der Waals surface area contributed by atoms with Crippen molar-refractivity contribution in [1.29, 1.82) is 0 Å². The highest BCUT2D eigenvalue weighted by Crippen LogP contribution is 2.20. The number of nitrogens with two attached hydrogens (primary N) is 1. The third-order valence-electron chi connectivity index (χ3n) is 2.72. The van der Waals surface area contributed by atoms with Gasteiger partial charge in [-0.3, -0.25) is 0 Å². The van der Waals surface area contributed by atoms with Crippen LogP contribution in [0.3, 0.4) is 0 Å². The lowest BCUT2D eigenvalue weighted by atomic mass is 9.90. The van der Waals surface area contributed by atoms with Gasteiger partial charge in [-0.2, -0.15) is 0 Å². The quantitative estimate of drug-likeness (QED) is 0.642. The van der Waals surface area contributed by atoms with Crippen molar-refractivity contribution < 1.29 is 4.74 Å². The largest absolute Gasteiger partial charge is 0.393 e. The Hall–Kier alpha value is -0.450. The van der Waals surface area contributed by atoms with Crippen LogP contribution in [0.4, 0.5) is 0 Å². The van der Waals surface area contributed by atoms with Crippen molar-refractivity contribution in [2.75, 3.05) is 6.61 Å². The van der Waals surface area contributed by atoms with Crippen LogP contribution in [0.1, 0.15) is 25.8 Å². The Morgan fingerprint density at radius 2 is 1.94 bits per heavy atom. The molecule has 2 N–H and O–H groups in total. The monoisotopic (exact) mass is 315 g/mol. The molecule has 0 aliphatic carbocycles. The molecule has 2 nitrogen and oxygen atoms in total.